The number of hydrogen-bond donors (Lipinski definition) is 0. The fraction of sp³-hybridized carbons (Fsp3) is 0.600. The van der Waals surface area contributed by atoms with Crippen molar-refractivity contribution < 1.29 is 0 Å². The second-order valence-corrected chi connectivity index (χ2v) is 5.45. The molecule has 1 aromatic rings. The van der Waals surface area contributed by atoms with Crippen LogP contribution in [0.1, 0.15) is 31.7 Å². The highest BCUT2D eigenvalue weighted by Crippen LogP contribution is 2.29. The molecule has 2 fully saturated rings. The second kappa shape index (κ2) is 4.79. The zero-order chi connectivity index (χ0) is 11.7. The maximum Gasteiger partial charge on any atom is 0.0628 e. The Balaban J connectivity index is 1.71. The molecule has 0 saturated carbocycles. The van der Waals surface area contributed by atoms with Gasteiger partial charge in [0.2, 0.25) is 0 Å². The lowest BCUT2D eigenvalue weighted by Crippen LogP contribution is -2.53. The van der Waals surface area contributed by atoms with E-state index in [1.54, 1.807) is 0 Å². The van der Waals surface area contributed by atoms with Gasteiger partial charge in [-0.15, -0.1) is 0 Å². The molecule has 0 spiro atoms. The summed E-state index contributed by atoms with van der Waals surface area (Å²) in [6, 6.07) is 11.7. The molecular formula is C15H22N2. The van der Waals surface area contributed by atoms with Crippen LogP contribution in [0.15, 0.2) is 30.3 Å². The van der Waals surface area contributed by atoms with Crippen molar-refractivity contribution in [1.29, 1.82) is 0 Å². The molecule has 17 heavy (non-hydrogen) atoms. The van der Waals surface area contributed by atoms with Gasteiger partial charge in [-0.3, -0.25) is 9.80 Å². The van der Waals surface area contributed by atoms with E-state index in [1.165, 1.54) is 37.9 Å². The zero-order valence-electron chi connectivity index (χ0n) is 10.7. The fourth-order valence-corrected chi connectivity index (χ4v) is 3.35. The van der Waals surface area contributed by atoms with E-state index in [2.05, 4.69) is 47.1 Å². The first-order chi connectivity index (χ1) is 8.34. The van der Waals surface area contributed by atoms with Crippen LogP contribution in [0.25, 0.3) is 0 Å². The summed E-state index contributed by atoms with van der Waals surface area (Å²) in [6.45, 7) is 6.07. The quantitative estimate of drug-likeness (QED) is 0.771. The van der Waals surface area contributed by atoms with Gasteiger partial charge in [-0.25, -0.2) is 0 Å². The summed E-state index contributed by atoms with van der Waals surface area (Å²) in [5.41, 5.74) is 1.45. The first-order valence-corrected chi connectivity index (χ1v) is 6.88. The molecule has 2 aliphatic rings. The van der Waals surface area contributed by atoms with Crippen LogP contribution in [0.5, 0.6) is 0 Å². The molecule has 2 aliphatic heterocycles. The van der Waals surface area contributed by atoms with Crippen molar-refractivity contribution >= 4 is 0 Å². The molecule has 92 valence electrons. The number of hydrogen-bond acceptors (Lipinski definition) is 2. The Kier molecular flexibility index (Phi) is 3.17. The molecule has 2 heterocycles. The van der Waals surface area contributed by atoms with Gasteiger partial charge >= 0.3 is 0 Å². The summed E-state index contributed by atoms with van der Waals surface area (Å²) in [4.78, 5) is 5.37. The Morgan fingerprint density at radius 1 is 1.12 bits per heavy atom. The number of nitrogens with zero attached hydrogens (tertiary/aromatic N) is 2. The lowest BCUT2D eigenvalue weighted by atomic mass is 10.1. The third-order valence-electron chi connectivity index (χ3n) is 4.31. The van der Waals surface area contributed by atoms with Crippen molar-refractivity contribution in [2.75, 3.05) is 13.1 Å². The van der Waals surface area contributed by atoms with Crippen LogP contribution < -0.4 is 0 Å². The summed E-state index contributed by atoms with van der Waals surface area (Å²) in [5, 5.41) is 0. The maximum absolute atomic E-state index is 2.70. The van der Waals surface area contributed by atoms with Crippen LogP contribution in [0.3, 0.4) is 0 Å². The molecule has 0 N–H and O–H groups in total. The lowest BCUT2D eigenvalue weighted by molar-refractivity contribution is -0.00404. The molecule has 0 amide bonds. The first-order valence-electron chi connectivity index (χ1n) is 6.88. The smallest absolute Gasteiger partial charge is 0.0628 e. The highest BCUT2D eigenvalue weighted by atomic mass is 15.4. The van der Waals surface area contributed by atoms with E-state index in [-0.39, 0.29) is 0 Å². The van der Waals surface area contributed by atoms with Crippen molar-refractivity contribution in [3.8, 4) is 0 Å². The van der Waals surface area contributed by atoms with Gasteiger partial charge in [-0.2, -0.15) is 0 Å². The van der Waals surface area contributed by atoms with Gasteiger partial charge in [0.25, 0.3) is 0 Å². The highest BCUT2D eigenvalue weighted by molar-refractivity contribution is 5.14. The molecule has 2 heteroatoms. The minimum atomic E-state index is 0.707. The van der Waals surface area contributed by atoms with Crippen molar-refractivity contribution in [2.24, 2.45) is 0 Å². The molecule has 0 aromatic heterocycles. The summed E-state index contributed by atoms with van der Waals surface area (Å²) >= 11 is 0. The molecule has 0 bridgehead atoms. The van der Waals surface area contributed by atoms with E-state index < -0.39 is 0 Å². The van der Waals surface area contributed by atoms with Crippen molar-refractivity contribution in [3.05, 3.63) is 35.9 Å². The van der Waals surface area contributed by atoms with E-state index in [0.717, 1.165) is 12.6 Å². The second-order valence-electron chi connectivity index (χ2n) is 5.45. The minimum Gasteiger partial charge on any atom is -0.285 e. The molecular weight excluding hydrogens is 208 g/mol. The fourth-order valence-electron chi connectivity index (χ4n) is 3.35. The zero-order valence-corrected chi connectivity index (χ0v) is 10.7. The number of rotatable bonds is 2. The summed E-state index contributed by atoms with van der Waals surface area (Å²) in [7, 11) is 0. The van der Waals surface area contributed by atoms with Crippen LogP contribution >= 0.6 is 0 Å². The Morgan fingerprint density at radius 3 is 2.76 bits per heavy atom. The van der Waals surface area contributed by atoms with Gasteiger partial charge in [0.1, 0.15) is 0 Å². The van der Waals surface area contributed by atoms with Gasteiger partial charge in [-0.05, 0) is 31.7 Å². The largest absolute Gasteiger partial charge is 0.285 e. The van der Waals surface area contributed by atoms with Gasteiger partial charge < -0.3 is 0 Å². The topological polar surface area (TPSA) is 6.48 Å². The number of fused-ring (bicyclic) bond motifs is 1. The van der Waals surface area contributed by atoms with Crippen LogP contribution in [0.2, 0.25) is 0 Å². The predicted molar refractivity (Wildman–Crippen MR) is 70.7 cm³/mol. The highest BCUT2D eigenvalue weighted by Gasteiger charge is 2.36. The minimum absolute atomic E-state index is 0.707. The van der Waals surface area contributed by atoms with Crippen molar-refractivity contribution in [3.63, 3.8) is 0 Å². The van der Waals surface area contributed by atoms with E-state index in [0.29, 0.717) is 6.17 Å². The monoisotopic (exact) mass is 230 g/mol. The average Bonchev–Trinajstić information content (AvgIpc) is 2.84. The summed E-state index contributed by atoms with van der Waals surface area (Å²) < 4.78 is 0. The van der Waals surface area contributed by atoms with Crippen LogP contribution in [-0.4, -0.2) is 35.1 Å². The summed E-state index contributed by atoms with van der Waals surface area (Å²) in [6.07, 6.45) is 4.76. The predicted octanol–water partition coefficient (Wildman–Crippen LogP) is 2.70. The normalized spacial score (nSPS) is 30.4. The Hall–Kier alpha value is -0.860. The third-order valence-corrected chi connectivity index (χ3v) is 4.31. The molecule has 3 rings (SSSR count). The molecule has 2 atom stereocenters. The molecule has 2 saturated heterocycles. The van der Waals surface area contributed by atoms with Crippen LogP contribution in [0, 0.1) is 0 Å². The third kappa shape index (κ3) is 2.24. The van der Waals surface area contributed by atoms with E-state index in [4.69, 9.17) is 0 Å². The number of benzene rings is 1. The lowest BCUT2D eigenvalue weighted by Gasteiger charge is -2.44. The molecule has 0 radical (unpaired) electrons. The average molecular weight is 230 g/mol. The molecule has 2 nitrogen and oxygen atoms in total. The molecule has 2 unspecified atom stereocenters. The maximum atomic E-state index is 2.70. The molecule has 0 aliphatic carbocycles. The molecule has 1 aromatic carbocycles. The van der Waals surface area contributed by atoms with Crippen LogP contribution in [-0.2, 0) is 6.54 Å². The van der Waals surface area contributed by atoms with Gasteiger partial charge in [0.15, 0.2) is 0 Å². The Morgan fingerprint density at radius 2 is 1.94 bits per heavy atom. The Labute approximate surface area is 104 Å². The van der Waals surface area contributed by atoms with E-state index in [9.17, 15) is 0 Å². The van der Waals surface area contributed by atoms with Gasteiger partial charge in [0, 0.05) is 25.7 Å². The van der Waals surface area contributed by atoms with Gasteiger partial charge in [-0.1, -0.05) is 30.3 Å². The van der Waals surface area contributed by atoms with Crippen molar-refractivity contribution in [1.82, 2.24) is 9.80 Å². The van der Waals surface area contributed by atoms with Crippen LogP contribution in [0.4, 0.5) is 0 Å². The van der Waals surface area contributed by atoms with Crippen molar-refractivity contribution in [2.45, 2.75) is 44.9 Å². The van der Waals surface area contributed by atoms with E-state index >= 15 is 0 Å². The SMILES string of the molecule is CC1CCN(Cc2ccccc2)C2CCCN12. The first kappa shape index (κ1) is 11.2. The Bertz CT molecular complexity index is 362. The van der Waals surface area contributed by atoms with E-state index in [1.807, 2.05) is 0 Å². The standard InChI is InChI=1S/C15H22N2/c1-13-9-11-16(15-8-5-10-17(13)15)12-14-6-3-2-4-7-14/h2-4,6-7,13,15H,5,8-12H2,1H3. The van der Waals surface area contributed by atoms with Gasteiger partial charge in [0.05, 0.1) is 6.17 Å². The summed E-state index contributed by atoms with van der Waals surface area (Å²) in [5.74, 6) is 0.